The lowest BCUT2D eigenvalue weighted by Gasteiger charge is -2.34. The van der Waals surface area contributed by atoms with Crippen molar-refractivity contribution in [2.75, 3.05) is 0 Å². The van der Waals surface area contributed by atoms with Gasteiger partial charge in [0, 0.05) is 24.6 Å². The highest BCUT2D eigenvalue weighted by Gasteiger charge is 2.54. The predicted molar refractivity (Wildman–Crippen MR) is 96.4 cm³/mol. The van der Waals surface area contributed by atoms with Crippen LogP contribution in [0.5, 0.6) is 0 Å². The Bertz CT molecular complexity index is 1100. The Hall–Kier alpha value is -2.86. The summed E-state index contributed by atoms with van der Waals surface area (Å²) in [6, 6.07) is 12.2. The van der Waals surface area contributed by atoms with Gasteiger partial charge >= 0.3 is 0 Å². The molecule has 25 heavy (non-hydrogen) atoms. The van der Waals surface area contributed by atoms with Crippen LogP contribution in [0, 0.1) is 0 Å². The first-order chi connectivity index (χ1) is 12.2. The molecule has 0 fully saturated rings. The Kier molecular flexibility index (Phi) is 2.36. The Balaban J connectivity index is 1.49. The second-order valence-corrected chi connectivity index (χ2v) is 7.30. The molecule has 0 atom stereocenters. The third-order valence-electron chi connectivity index (χ3n) is 5.44. The van der Waals surface area contributed by atoms with Crippen LogP contribution in [0.2, 0.25) is 0 Å². The third kappa shape index (κ3) is 1.62. The smallest absolute Gasteiger partial charge is 0.274 e. The zero-order valence-corrected chi connectivity index (χ0v) is 14.0. The molecule has 3 heterocycles. The van der Waals surface area contributed by atoms with Crippen molar-refractivity contribution in [3.63, 3.8) is 0 Å². The summed E-state index contributed by atoms with van der Waals surface area (Å²) in [5, 5.41) is 0. The van der Waals surface area contributed by atoms with Crippen LogP contribution in [0.4, 0.5) is 0 Å². The molecule has 3 aromatic rings. The number of carbonyl (C=O) groups excluding carboxylic acids is 1. The number of hydrogen-bond acceptors (Lipinski definition) is 5. The molecular formula is C19H12N4OS. The average Bonchev–Trinajstić information content (AvgIpc) is 3.29. The summed E-state index contributed by atoms with van der Waals surface area (Å²) < 4.78 is 8.66. The fraction of sp³-hybridized carbons (Fsp3) is 0.158. The summed E-state index contributed by atoms with van der Waals surface area (Å²) in [6.45, 7) is 0. The van der Waals surface area contributed by atoms with E-state index < -0.39 is 5.54 Å². The van der Waals surface area contributed by atoms with Gasteiger partial charge in [0.05, 0.1) is 11.7 Å². The first-order valence-electron chi connectivity index (χ1n) is 8.19. The van der Waals surface area contributed by atoms with Crippen LogP contribution in [-0.4, -0.2) is 30.9 Å². The largest absolute Gasteiger partial charge is 0.316 e. The van der Waals surface area contributed by atoms with Crippen molar-refractivity contribution in [1.82, 2.24) is 13.6 Å². The zero-order valence-electron chi connectivity index (χ0n) is 13.1. The maximum atomic E-state index is 13.0. The van der Waals surface area contributed by atoms with E-state index in [-0.39, 0.29) is 5.91 Å². The second-order valence-electron chi connectivity index (χ2n) is 6.77. The number of nitrogens with zero attached hydrogens (tertiary/aromatic N) is 4. The number of benzene rings is 2. The van der Waals surface area contributed by atoms with Gasteiger partial charge in [-0.3, -0.25) is 4.79 Å². The summed E-state index contributed by atoms with van der Waals surface area (Å²) in [4.78, 5) is 19.5. The van der Waals surface area contributed by atoms with E-state index in [1.54, 1.807) is 0 Å². The number of hydrogen-bond donors (Lipinski definition) is 0. The van der Waals surface area contributed by atoms with Crippen molar-refractivity contribution in [2.45, 2.75) is 18.4 Å². The van der Waals surface area contributed by atoms with Crippen LogP contribution in [0.1, 0.15) is 22.3 Å². The third-order valence-corrected chi connectivity index (χ3v) is 6.00. The van der Waals surface area contributed by atoms with E-state index in [0.29, 0.717) is 12.8 Å². The van der Waals surface area contributed by atoms with E-state index in [1.807, 2.05) is 24.4 Å². The Morgan fingerprint density at radius 3 is 2.52 bits per heavy atom. The van der Waals surface area contributed by atoms with Crippen molar-refractivity contribution in [3.05, 3.63) is 64.9 Å². The van der Waals surface area contributed by atoms with Crippen molar-refractivity contribution in [2.24, 2.45) is 4.99 Å². The molecule has 1 aromatic heterocycles. The number of fused-ring (bicyclic) bond motifs is 6. The van der Waals surface area contributed by atoms with Gasteiger partial charge in [0.25, 0.3) is 5.91 Å². The number of aromatic nitrogens is 2. The van der Waals surface area contributed by atoms with Gasteiger partial charge in [-0.05, 0) is 34.9 Å². The van der Waals surface area contributed by atoms with Crippen molar-refractivity contribution in [1.29, 1.82) is 0 Å². The van der Waals surface area contributed by atoms with Gasteiger partial charge in [0.1, 0.15) is 22.4 Å². The average molecular weight is 344 g/mol. The Labute approximate surface area is 147 Å². The number of rotatable bonds is 0. The number of amides is 1. The Morgan fingerprint density at radius 2 is 1.76 bits per heavy atom. The maximum Gasteiger partial charge on any atom is 0.274 e. The van der Waals surface area contributed by atoms with Gasteiger partial charge in [0.15, 0.2) is 0 Å². The number of aliphatic imine (C=N–C) groups is 1. The van der Waals surface area contributed by atoms with Gasteiger partial charge in [-0.25, -0.2) is 0 Å². The molecule has 2 aliphatic heterocycles. The summed E-state index contributed by atoms with van der Waals surface area (Å²) in [5.41, 5.74) is 5.67. The minimum Gasteiger partial charge on any atom is -0.316 e. The van der Waals surface area contributed by atoms with Gasteiger partial charge in [-0.15, -0.1) is 0 Å². The molecule has 2 aromatic carbocycles. The van der Waals surface area contributed by atoms with Crippen LogP contribution >= 0.6 is 11.7 Å². The maximum absolute atomic E-state index is 13.0. The van der Waals surface area contributed by atoms with E-state index in [2.05, 4.69) is 42.9 Å². The first kappa shape index (κ1) is 13.4. The standard InChI is InChI=1S/C19H12N4OS/c24-18-19(9-12-7-15-16(22-25-21-15)8-13(12)10-19)23-6-5-11-3-1-2-4-14(11)17(23)20-18/h1-8H,9-10H2. The lowest BCUT2D eigenvalue weighted by Crippen LogP contribution is -2.50. The van der Waals surface area contributed by atoms with E-state index in [1.165, 1.54) is 22.9 Å². The lowest BCUT2D eigenvalue weighted by molar-refractivity contribution is -0.124. The fourth-order valence-electron chi connectivity index (χ4n) is 4.23. The molecule has 3 aliphatic rings. The van der Waals surface area contributed by atoms with Crippen LogP contribution in [0.25, 0.3) is 17.1 Å². The summed E-state index contributed by atoms with van der Waals surface area (Å²) in [5.74, 6) is 0.719. The van der Waals surface area contributed by atoms with E-state index in [0.717, 1.165) is 28.0 Å². The van der Waals surface area contributed by atoms with Crippen molar-refractivity contribution >= 4 is 40.6 Å². The molecule has 1 aliphatic carbocycles. The van der Waals surface area contributed by atoms with Crippen LogP contribution < -0.4 is 0 Å². The number of carbonyl (C=O) groups is 1. The molecule has 0 radical (unpaired) electrons. The summed E-state index contributed by atoms with van der Waals surface area (Å²) >= 11 is 1.23. The van der Waals surface area contributed by atoms with E-state index in [9.17, 15) is 4.79 Å². The normalized spacial score (nSPS) is 19.3. The van der Waals surface area contributed by atoms with E-state index >= 15 is 0 Å². The molecule has 6 rings (SSSR count). The molecule has 120 valence electrons. The molecule has 0 saturated carbocycles. The molecule has 5 nitrogen and oxygen atoms in total. The van der Waals surface area contributed by atoms with Crippen LogP contribution in [-0.2, 0) is 17.6 Å². The van der Waals surface area contributed by atoms with Crippen molar-refractivity contribution < 1.29 is 4.79 Å². The molecule has 0 saturated heterocycles. The Morgan fingerprint density at radius 1 is 1.04 bits per heavy atom. The zero-order chi connectivity index (χ0) is 16.6. The molecule has 0 N–H and O–H groups in total. The second kappa shape index (κ2) is 4.40. The summed E-state index contributed by atoms with van der Waals surface area (Å²) in [6.07, 6.45) is 5.40. The monoisotopic (exact) mass is 344 g/mol. The molecule has 1 amide bonds. The van der Waals surface area contributed by atoms with Gasteiger partial charge in [-0.2, -0.15) is 13.7 Å². The molecule has 1 spiro atoms. The minimum absolute atomic E-state index is 0.0523. The quantitative estimate of drug-likeness (QED) is 0.629. The molecular weight excluding hydrogens is 332 g/mol. The van der Waals surface area contributed by atoms with Crippen LogP contribution in [0.3, 0.4) is 0 Å². The van der Waals surface area contributed by atoms with Gasteiger partial charge in [0.2, 0.25) is 0 Å². The highest BCUT2D eigenvalue weighted by Crippen LogP contribution is 2.43. The van der Waals surface area contributed by atoms with Gasteiger partial charge < -0.3 is 4.90 Å². The predicted octanol–water partition coefficient (Wildman–Crippen LogP) is 2.80. The summed E-state index contributed by atoms with van der Waals surface area (Å²) in [7, 11) is 0. The van der Waals surface area contributed by atoms with Gasteiger partial charge in [-0.1, -0.05) is 24.3 Å². The minimum atomic E-state index is -0.635. The molecule has 0 bridgehead atoms. The van der Waals surface area contributed by atoms with E-state index in [4.69, 9.17) is 0 Å². The topological polar surface area (TPSA) is 58.5 Å². The molecule has 0 unspecified atom stereocenters. The number of amidine groups is 1. The van der Waals surface area contributed by atoms with Crippen LogP contribution in [0.15, 0.2) is 47.6 Å². The SMILES string of the molecule is O=C1N=C2c3ccccc3C=CN2C12Cc1cc3nsnc3cc1C2. The van der Waals surface area contributed by atoms with Crippen molar-refractivity contribution in [3.8, 4) is 0 Å². The lowest BCUT2D eigenvalue weighted by atomic mass is 9.92. The highest BCUT2D eigenvalue weighted by molar-refractivity contribution is 7.00. The highest BCUT2D eigenvalue weighted by atomic mass is 32.1. The molecule has 6 heteroatoms. The first-order valence-corrected chi connectivity index (χ1v) is 8.92. The fourth-order valence-corrected chi connectivity index (χ4v) is 4.73.